The van der Waals surface area contributed by atoms with Crippen LogP contribution in [0, 0.1) is 17.0 Å². The number of aliphatic hydroxyl groups is 1. The Morgan fingerprint density at radius 2 is 1.72 bits per heavy atom. The molecule has 2 aliphatic rings. The third-order valence-electron chi connectivity index (χ3n) is 4.45. The molecule has 25 heavy (non-hydrogen) atoms. The Morgan fingerprint density at radius 3 is 2.36 bits per heavy atom. The highest BCUT2D eigenvalue weighted by atomic mass is 16.7. The van der Waals surface area contributed by atoms with Crippen LogP contribution in [0.5, 0.6) is 0 Å². The second-order valence-electron chi connectivity index (χ2n) is 6.02. The van der Waals surface area contributed by atoms with E-state index >= 15 is 0 Å². The molecular weight excluding hydrogens is 322 g/mol. The molecule has 4 rings (SSSR count). The predicted octanol–water partition coefficient (Wildman–Crippen LogP) is 2.30. The number of hydrogen-bond acceptors (Lipinski definition) is 6. The van der Waals surface area contributed by atoms with Crippen LogP contribution in [-0.2, 0) is 0 Å². The number of nitrogens with one attached hydrogen (secondary N) is 1. The summed E-state index contributed by atoms with van der Waals surface area (Å²) in [6.45, 7) is 3.61. The van der Waals surface area contributed by atoms with Crippen molar-refractivity contribution in [2.75, 3.05) is 15.0 Å². The summed E-state index contributed by atoms with van der Waals surface area (Å²) < 4.78 is 0. The zero-order valence-corrected chi connectivity index (χ0v) is 13.7. The number of anilines is 3. The monoisotopic (exact) mass is 339 g/mol. The first-order valence-corrected chi connectivity index (χ1v) is 7.83. The number of nitrogens with zero attached hydrogens (tertiary/aromatic N) is 4. The van der Waals surface area contributed by atoms with E-state index in [0.29, 0.717) is 22.8 Å². The number of benzene rings is 2. The number of nitro groups is 1. The molecule has 1 saturated heterocycles. The average Bonchev–Trinajstić information content (AvgIpc) is 2.94. The molecule has 2 aromatic carbocycles. The van der Waals surface area contributed by atoms with Gasteiger partial charge in [0.15, 0.2) is 11.3 Å². The number of hydrazine groups is 3. The third-order valence-corrected chi connectivity index (χ3v) is 4.45. The van der Waals surface area contributed by atoms with E-state index in [4.69, 9.17) is 0 Å². The summed E-state index contributed by atoms with van der Waals surface area (Å²) >= 11 is 0. The van der Waals surface area contributed by atoms with Gasteiger partial charge in [0, 0.05) is 0 Å². The highest BCUT2D eigenvalue weighted by molar-refractivity contribution is 5.79. The van der Waals surface area contributed by atoms with Gasteiger partial charge in [0.2, 0.25) is 0 Å². The molecule has 2 heterocycles. The maximum atomic E-state index is 11.6. The molecule has 0 radical (unpaired) electrons. The summed E-state index contributed by atoms with van der Waals surface area (Å²) in [6.07, 6.45) is -1.06. The minimum absolute atomic E-state index is 0.360. The molecular formula is C17H17N5O3. The molecule has 0 saturated carbocycles. The van der Waals surface area contributed by atoms with Gasteiger partial charge in [0.05, 0.1) is 11.4 Å². The molecule has 0 aromatic heterocycles. The van der Waals surface area contributed by atoms with Crippen molar-refractivity contribution in [2.24, 2.45) is 0 Å². The lowest BCUT2D eigenvalue weighted by Gasteiger charge is -2.30. The summed E-state index contributed by atoms with van der Waals surface area (Å²) in [7, 11) is 0. The van der Waals surface area contributed by atoms with Crippen LogP contribution in [0.4, 0.5) is 17.1 Å². The van der Waals surface area contributed by atoms with Crippen molar-refractivity contribution in [3.8, 4) is 0 Å². The van der Waals surface area contributed by atoms with Gasteiger partial charge in [-0.2, -0.15) is 0 Å². The number of aryl methyl sites for hydroxylation is 1. The summed E-state index contributed by atoms with van der Waals surface area (Å²) in [4.78, 5) is 11.6. The number of rotatable bonds is 2. The topological polar surface area (TPSA) is 85.1 Å². The third kappa shape index (κ3) is 2.23. The van der Waals surface area contributed by atoms with Gasteiger partial charge in [-0.05, 0) is 38.1 Å². The first-order chi connectivity index (χ1) is 12.0. The van der Waals surface area contributed by atoms with Crippen molar-refractivity contribution < 1.29 is 10.1 Å². The van der Waals surface area contributed by atoms with Crippen molar-refractivity contribution in [2.45, 2.75) is 20.1 Å². The van der Waals surface area contributed by atoms with E-state index in [2.05, 4.69) is 5.53 Å². The zero-order valence-electron chi connectivity index (χ0n) is 13.7. The molecule has 8 heteroatoms. The molecule has 2 aliphatic heterocycles. The Hall–Kier alpha value is -3.10. The van der Waals surface area contributed by atoms with E-state index in [0.717, 1.165) is 16.3 Å². The Morgan fingerprint density at radius 1 is 1.08 bits per heavy atom. The standard InChI is InChI=1S/C17H17N5O3/c1-11-7-9-13(10-8-11)19-17(23)16-12(2)21(22(24)25)15-6-4-3-5-14(15)20(16)18-19/h3-10,17-18,23H,1-2H3. The Kier molecular flexibility index (Phi) is 3.38. The van der Waals surface area contributed by atoms with Crippen LogP contribution in [0.25, 0.3) is 0 Å². The fraction of sp³-hybridized carbons (Fsp3) is 0.176. The molecule has 1 atom stereocenters. The van der Waals surface area contributed by atoms with Crippen molar-refractivity contribution in [3.63, 3.8) is 0 Å². The summed E-state index contributed by atoms with van der Waals surface area (Å²) in [5.41, 5.74) is 6.84. The molecule has 128 valence electrons. The van der Waals surface area contributed by atoms with Gasteiger partial charge in [-0.3, -0.25) is 10.0 Å². The van der Waals surface area contributed by atoms with Gasteiger partial charge in [-0.1, -0.05) is 34.8 Å². The summed E-state index contributed by atoms with van der Waals surface area (Å²) in [5.74, 6) is 0. The number of para-hydroxylation sites is 2. The fourth-order valence-electron chi connectivity index (χ4n) is 3.22. The second-order valence-corrected chi connectivity index (χ2v) is 6.02. The predicted molar refractivity (Wildman–Crippen MR) is 93.9 cm³/mol. The number of aliphatic hydroxyl groups excluding tert-OH is 1. The Labute approximate surface area is 144 Å². The van der Waals surface area contributed by atoms with E-state index in [-0.39, 0.29) is 0 Å². The van der Waals surface area contributed by atoms with E-state index in [1.807, 2.05) is 31.2 Å². The summed E-state index contributed by atoms with van der Waals surface area (Å²) in [6, 6.07) is 14.7. The van der Waals surface area contributed by atoms with Crippen molar-refractivity contribution in [3.05, 3.63) is 75.6 Å². The second kappa shape index (κ2) is 5.47. The minimum atomic E-state index is -1.06. The van der Waals surface area contributed by atoms with Gasteiger partial charge in [-0.25, -0.2) is 10.1 Å². The molecule has 0 bridgehead atoms. The lowest BCUT2D eigenvalue weighted by molar-refractivity contribution is -0.488. The SMILES string of the molecule is CC1=C2C(O)N(c3ccc(C)cc3)NN2c2ccccc2N1[N+](=O)[O-]. The van der Waals surface area contributed by atoms with Gasteiger partial charge < -0.3 is 5.11 Å². The van der Waals surface area contributed by atoms with E-state index in [9.17, 15) is 15.2 Å². The van der Waals surface area contributed by atoms with E-state index in [1.54, 1.807) is 41.2 Å². The highest BCUT2D eigenvalue weighted by Crippen LogP contribution is 2.42. The summed E-state index contributed by atoms with van der Waals surface area (Å²) in [5, 5.41) is 26.2. The Bertz CT molecular complexity index is 880. The van der Waals surface area contributed by atoms with E-state index in [1.165, 1.54) is 0 Å². The lowest BCUT2D eigenvalue weighted by atomic mass is 10.1. The van der Waals surface area contributed by atoms with Crippen LogP contribution >= 0.6 is 0 Å². The molecule has 1 fully saturated rings. The zero-order chi connectivity index (χ0) is 17.7. The number of allylic oxidation sites excluding steroid dienone is 1. The molecule has 2 N–H and O–H groups in total. The maximum absolute atomic E-state index is 11.6. The Balaban J connectivity index is 1.84. The first-order valence-electron chi connectivity index (χ1n) is 7.83. The van der Waals surface area contributed by atoms with Crippen molar-refractivity contribution in [1.82, 2.24) is 5.53 Å². The largest absolute Gasteiger partial charge is 0.367 e. The number of hydrogen-bond donors (Lipinski definition) is 2. The molecule has 2 aromatic rings. The van der Waals surface area contributed by atoms with Crippen molar-refractivity contribution >= 4 is 17.1 Å². The highest BCUT2D eigenvalue weighted by Gasteiger charge is 2.44. The van der Waals surface area contributed by atoms with Crippen LogP contribution in [0.3, 0.4) is 0 Å². The quantitative estimate of drug-likeness (QED) is 0.641. The van der Waals surface area contributed by atoms with Gasteiger partial charge >= 0.3 is 0 Å². The number of fused-ring (bicyclic) bond motifs is 3. The smallest absolute Gasteiger partial charge is 0.187 e. The van der Waals surface area contributed by atoms with Crippen molar-refractivity contribution in [1.29, 1.82) is 0 Å². The first kappa shape index (κ1) is 15.4. The maximum Gasteiger partial charge on any atom is 0.187 e. The van der Waals surface area contributed by atoms with Crippen LogP contribution in [0.2, 0.25) is 0 Å². The van der Waals surface area contributed by atoms with Crippen LogP contribution in [0.15, 0.2) is 59.9 Å². The van der Waals surface area contributed by atoms with Gasteiger partial charge in [0.1, 0.15) is 17.1 Å². The lowest BCUT2D eigenvalue weighted by Crippen LogP contribution is -2.43. The molecule has 1 unspecified atom stereocenters. The molecule has 0 spiro atoms. The van der Waals surface area contributed by atoms with Crippen LogP contribution in [0.1, 0.15) is 12.5 Å². The molecule has 0 amide bonds. The fourth-order valence-corrected chi connectivity index (χ4v) is 3.22. The molecule has 8 nitrogen and oxygen atoms in total. The average molecular weight is 339 g/mol. The van der Waals surface area contributed by atoms with Crippen LogP contribution < -0.4 is 20.6 Å². The van der Waals surface area contributed by atoms with Gasteiger partial charge in [-0.15, -0.1) is 5.53 Å². The molecule has 0 aliphatic carbocycles. The van der Waals surface area contributed by atoms with Crippen LogP contribution in [-0.4, -0.2) is 16.4 Å². The van der Waals surface area contributed by atoms with Gasteiger partial charge in [0.25, 0.3) is 0 Å². The van der Waals surface area contributed by atoms with E-state index < -0.39 is 11.3 Å². The normalized spacial score (nSPS) is 19.2. The minimum Gasteiger partial charge on any atom is -0.367 e.